The van der Waals surface area contributed by atoms with Gasteiger partial charge < -0.3 is 14.8 Å². The van der Waals surface area contributed by atoms with Crippen LogP contribution in [0.15, 0.2) is 48.5 Å². The minimum atomic E-state index is -0.315. The lowest BCUT2D eigenvalue weighted by Crippen LogP contribution is -2.44. The minimum absolute atomic E-state index is 0.157. The Morgan fingerprint density at radius 1 is 0.917 bits per heavy atom. The van der Waals surface area contributed by atoms with Crippen LogP contribution in [-0.2, 0) is 5.54 Å². The zero-order valence-electron chi connectivity index (χ0n) is 14.2. The Morgan fingerprint density at radius 3 is 2.04 bits per heavy atom. The van der Waals surface area contributed by atoms with E-state index in [1.807, 2.05) is 24.3 Å². The Labute approximate surface area is 142 Å². The Balaban J connectivity index is 1.96. The summed E-state index contributed by atoms with van der Waals surface area (Å²) in [5.74, 6) is 0.885. The molecule has 0 aromatic heterocycles. The molecule has 2 aromatic rings. The van der Waals surface area contributed by atoms with E-state index in [-0.39, 0.29) is 11.4 Å². The molecule has 0 spiro atoms. The summed E-state index contributed by atoms with van der Waals surface area (Å²) >= 11 is 0. The van der Waals surface area contributed by atoms with Gasteiger partial charge in [-0.25, -0.2) is 0 Å². The van der Waals surface area contributed by atoms with Crippen molar-refractivity contribution in [1.29, 1.82) is 0 Å². The molecule has 1 fully saturated rings. The highest BCUT2D eigenvalue weighted by molar-refractivity contribution is 6.00. The summed E-state index contributed by atoms with van der Waals surface area (Å²) < 4.78 is 10.7. The maximum absolute atomic E-state index is 13.1. The Kier molecular flexibility index (Phi) is 4.74. The van der Waals surface area contributed by atoms with E-state index < -0.39 is 0 Å². The second-order valence-corrected chi connectivity index (χ2v) is 6.15. The van der Waals surface area contributed by atoms with Crippen molar-refractivity contribution < 1.29 is 14.3 Å². The molecule has 1 aliphatic rings. The number of methoxy groups -OCH3 is 2. The first-order chi connectivity index (χ1) is 11.7. The predicted octanol–water partition coefficient (Wildman–Crippen LogP) is 3.90. The molecule has 3 rings (SSSR count). The number of benzene rings is 2. The second kappa shape index (κ2) is 6.95. The van der Waals surface area contributed by atoms with Gasteiger partial charge in [-0.15, -0.1) is 0 Å². The van der Waals surface area contributed by atoms with Crippen molar-refractivity contribution in [2.45, 2.75) is 31.2 Å². The fourth-order valence-electron chi connectivity index (χ4n) is 3.58. The summed E-state index contributed by atoms with van der Waals surface area (Å²) in [6.07, 6.45) is 4.11. The molecule has 4 heteroatoms. The lowest BCUT2D eigenvalue weighted by atomic mass is 9.87. The summed E-state index contributed by atoms with van der Waals surface area (Å²) in [5.41, 5.74) is 1.29. The Morgan fingerprint density at radius 2 is 1.50 bits per heavy atom. The monoisotopic (exact) mass is 325 g/mol. The molecule has 1 N–H and O–H groups in total. The highest BCUT2D eigenvalue weighted by Gasteiger charge is 2.38. The normalized spacial score (nSPS) is 15.8. The molecule has 1 saturated carbocycles. The number of rotatable bonds is 5. The van der Waals surface area contributed by atoms with Crippen LogP contribution >= 0.6 is 0 Å². The average Bonchev–Trinajstić information content (AvgIpc) is 3.11. The van der Waals surface area contributed by atoms with Crippen molar-refractivity contribution >= 4 is 5.91 Å². The van der Waals surface area contributed by atoms with E-state index in [1.165, 1.54) is 0 Å². The van der Waals surface area contributed by atoms with Crippen LogP contribution in [0.3, 0.4) is 0 Å². The molecule has 24 heavy (non-hydrogen) atoms. The third-order valence-electron chi connectivity index (χ3n) is 4.79. The standard InChI is InChI=1S/C20H23NO3/c1-23-16-11-8-12-17(24-2)18(16)19(22)21-20(13-6-7-14-20)15-9-4-3-5-10-15/h3-5,8-12H,6-7,13-14H2,1-2H3,(H,21,22). The lowest BCUT2D eigenvalue weighted by Gasteiger charge is -2.31. The highest BCUT2D eigenvalue weighted by atomic mass is 16.5. The number of nitrogens with one attached hydrogen (secondary N) is 1. The molecule has 2 aromatic carbocycles. The molecule has 0 heterocycles. The molecule has 4 nitrogen and oxygen atoms in total. The van der Waals surface area contributed by atoms with Crippen LogP contribution in [0.4, 0.5) is 0 Å². The summed E-state index contributed by atoms with van der Waals surface area (Å²) in [7, 11) is 3.13. The van der Waals surface area contributed by atoms with Crippen molar-refractivity contribution in [3.8, 4) is 11.5 Å². The maximum Gasteiger partial charge on any atom is 0.259 e. The van der Waals surface area contributed by atoms with Gasteiger partial charge >= 0.3 is 0 Å². The van der Waals surface area contributed by atoms with Crippen LogP contribution < -0.4 is 14.8 Å². The molecule has 1 amide bonds. The Hall–Kier alpha value is -2.49. The van der Waals surface area contributed by atoms with Gasteiger partial charge in [0.2, 0.25) is 0 Å². The minimum Gasteiger partial charge on any atom is -0.496 e. The third kappa shape index (κ3) is 2.96. The summed E-state index contributed by atoms with van der Waals surface area (Å²) in [5, 5.41) is 3.28. The number of carbonyl (C=O) groups excluding carboxylic acids is 1. The third-order valence-corrected chi connectivity index (χ3v) is 4.79. The van der Waals surface area contributed by atoms with Gasteiger partial charge in [-0.3, -0.25) is 4.79 Å². The average molecular weight is 325 g/mol. The van der Waals surface area contributed by atoms with Gasteiger partial charge in [0.05, 0.1) is 19.8 Å². The van der Waals surface area contributed by atoms with Gasteiger partial charge in [0.15, 0.2) is 0 Å². The van der Waals surface area contributed by atoms with Gasteiger partial charge in [-0.05, 0) is 30.5 Å². The first kappa shape index (κ1) is 16.4. The van der Waals surface area contributed by atoms with Gasteiger partial charge in [-0.2, -0.15) is 0 Å². The fourth-order valence-corrected chi connectivity index (χ4v) is 3.58. The largest absolute Gasteiger partial charge is 0.496 e. The summed E-state index contributed by atoms with van der Waals surface area (Å²) in [4.78, 5) is 13.1. The van der Waals surface area contributed by atoms with Crippen molar-refractivity contribution in [1.82, 2.24) is 5.32 Å². The Bertz CT molecular complexity index is 684. The molecule has 0 saturated heterocycles. The summed E-state index contributed by atoms with van der Waals surface area (Å²) in [6.45, 7) is 0. The quantitative estimate of drug-likeness (QED) is 0.907. The number of hydrogen-bond donors (Lipinski definition) is 1. The van der Waals surface area contributed by atoms with E-state index in [0.717, 1.165) is 31.2 Å². The lowest BCUT2D eigenvalue weighted by molar-refractivity contribution is 0.0892. The fraction of sp³-hybridized carbons (Fsp3) is 0.350. The van der Waals surface area contributed by atoms with Crippen molar-refractivity contribution in [3.05, 3.63) is 59.7 Å². The molecule has 0 radical (unpaired) electrons. The molecule has 0 bridgehead atoms. The molecule has 126 valence electrons. The zero-order chi connectivity index (χ0) is 17.0. The van der Waals surface area contributed by atoms with Gasteiger partial charge in [0.1, 0.15) is 17.1 Å². The van der Waals surface area contributed by atoms with E-state index in [4.69, 9.17) is 9.47 Å². The summed E-state index contributed by atoms with van der Waals surface area (Å²) in [6, 6.07) is 15.6. The highest BCUT2D eigenvalue weighted by Crippen LogP contribution is 2.40. The molecule has 0 aliphatic heterocycles. The molecule has 1 aliphatic carbocycles. The van der Waals surface area contributed by atoms with E-state index >= 15 is 0 Å². The number of carbonyl (C=O) groups is 1. The molecular formula is C20H23NO3. The van der Waals surface area contributed by atoms with Gasteiger partial charge in [0, 0.05) is 0 Å². The maximum atomic E-state index is 13.1. The topological polar surface area (TPSA) is 47.6 Å². The van der Waals surface area contributed by atoms with Crippen LogP contribution in [0.5, 0.6) is 11.5 Å². The van der Waals surface area contributed by atoms with Crippen LogP contribution in [0.1, 0.15) is 41.6 Å². The van der Waals surface area contributed by atoms with E-state index in [1.54, 1.807) is 26.4 Å². The van der Waals surface area contributed by atoms with Crippen LogP contribution in [0.2, 0.25) is 0 Å². The van der Waals surface area contributed by atoms with E-state index in [2.05, 4.69) is 17.4 Å². The van der Waals surface area contributed by atoms with E-state index in [0.29, 0.717) is 17.1 Å². The second-order valence-electron chi connectivity index (χ2n) is 6.15. The predicted molar refractivity (Wildman–Crippen MR) is 93.6 cm³/mol. The van der Waals surface area contributed by atoms with Crippen LogP contribution in [-0.4, -0.2) is 20.1 Å². The molecule has 0 unspecified atom stereocenters. The SMILES string of the molecule is COc1cccc(OC)c1C(=O)NC1(c2ccccc2)CCCC1. The van der Waals surface area contributed by atoms with Crippen LogP contribution in [0.25, 0.3) is 0 Å². The van der Waals surface area contributed by atoms with Gasteiger partial charge in [-0.1, -0.05) is 49.2 Å². The smallest absolute Gasteiger partial charge is 0.259 e. The van der Waals surface area contributed by atoms with Crippen molar-refractivity contribution in [3.63, 3.8) is 0 Å². The number of hydrogen-bond acceptors (Lipinski definition) is 3. The van der Waals surface area contributed by atoms with Crippen LogP contribution in [0, 0.1) is 0 Å². The first-order valence-corrected chi connectivity index (χ1v) is 8.29. The molecule has 0 atom stereocenters. The zero-order valence-corrected chi connectivity index (χ0v) is 14.2. The number of amides is 1. The number of ether oxygens (including phenoxy) is 2. The van der Waals surface area contributed by atoms with Crippen molar-refractivity contribution in [2.24, 2.45) is 0 Å². The van der Waals surface area contributed by atoms with Crippen molar-refractivity contribution in [2.75, 3.05) is 14.2 Å². The first-order valence-electron chi connectivity index (χ1n) is 8.29. The van der Waals surface area contributed by atoms with Gasteiger partial charge in [0.25, 0.3) is 5.91 Å². The molecular weight excluding hydrogens is 302 g/mol. The van der Waals surface area contributed by atoms with E-state index in [9.17, 15) is 4.79 Å².